The number of rotatable bonds is 2. The zero-order chi connectivity index (χ0) is 9.10. The molecular formula is C12H11S. The highest BCUT2D eigenvalue weighted by Gasteiger charge is 1.96. The lowest BCUT2D eigenvalue weighted by atomic mass is 10.1. The molecule has 13 heavy (non-hydrogen) atoms. The van der Waals surface area contributed by atoms with Gasteiger partial charge < -0.3 is 0 Å². The molecule has 1 aromatic heterocycles. The molecule has 0 nitrogen and oxygen atoms in total. The molecule has 0 fully saturated rings. The van der Waals surface area contributed by atoms with Crippen LogP contribution in [0.5, 0.6) is 0 Å². The van der Waals surface area contributed by atoms with Gasteiger partial charge in [0, 0.05) is 0 Å². The van der Waals surface area contributed by atoms with Gasteiger partial charge in [-0.25, -0.2) is 0 Å². The van der Waals surface area contributed by atoms with E-state index >= 15 is 0 Å². The Kier molecular flexibility index (Phi) is 2.46. The quantitative estimate of drug-likeness (QED) is 0.671. The zero-order valence-electron chi connectivity index (χ0n) is 7.36. The first-order chi connectivity index (χ1) is 6.40. The largest absolute Gasteiger partial charge is 0.152 e. The van der Waals surface area contributed by atoms with Crippen LogP contribution in [0.25, 0.3) is 11.1 Å². The fourth-order valence-corrected chi connectivity index (χ4v) is 1.96. The van der Waals surface area contributed by atoms with E-state index in [9.17, 15) is 0 Å². The Labute approximate surface area is 82.9 Å². The van der Waals surface area contributed by atoms with Crippen LogP contribution in [0.2, 0.25) is 0 Å². The Morgan fingerprint density at radius 2 is 1.77 bits per heavy atom. The van der Waals surface area contributed by atoms with Crippen molar-refractivity contribution in [2.24, 2.45) is 0 Å². The number of hydrogen-bond acceptors (Lipinski definition) is 1. The summed E-state index contributed by atoms with van der Waals surface area (Å²) in [6.07, 6.45) is 0.865. The summed E-state index contributed by atoms with van der Waals surface area (Å²) in [5, 5.41) is 4.27. The minimum Gasteiger partial charge on any atom is -0.152 e. The molecule has 0 aliphatic rings. The lowest BCUT2D eigenvalue weighted by Gasteiger charge is -1.99. The maximum Gasteiger partial charge on any atom is -0.00147 e. The molecule has 1 radical (unpaired) electrons. The molecule has 2 rings (SSSR count). The summed E-state index contributed by atoms with van der Waals surface area (Å²) in [4.78, 5) is 0. The molecule has 0 bridgehead atoms. The summed E-state index contributed by atoms with van der Waals surface area (Å²) < 4.78 is 0. The van der Waals surface area contributed by atoms with Crippen LogP contribution in [0.1, 0.15) is 5.56 Å². The molecule has 65 valence electrons. The van der Waals surface area contributed by atoms with E-state index < -0.39 is 0 Å². The molecule has 1 aromatic carbocycles. The molecule has 0 saturated carbocycles. The van der Waals surface area contributed by atoms with Gasteiger partial charge in [-0.3, -0.25) is 0 Å². The lowest BCUT2D eigenvalue weighted by Crippen LogP contribution is -1.79. The van der Waals surface area contributed by atoms with Gasteiger partial charge in [-0.15, -0.1) is 0 Å². The SMILES string of the molecule is [CH2]Cc1ccc(-c2ccsc2)cc1. The van der Waals surface area contributed by atoms with Crippen LogP contribution in [0, 0.1) is 6.92 Å². The summed E-state index contributed by atoms with van der Waals surface area (Å²) in [5.41, 5.74) is 3.89. The Balaban J connectivity index is 2.33. The van der Waals surface area contributed by atoms with Crippen molar-refractivity contribution < 1.29 is 0 Å². The molecule has 0 saturated heterocycles. The fourth-order valence-electron chi connectivity index (χ4n) is 1.29. The molecule has 1 heteroatoms. The average molecular weight is 187 g/mol. The van der Waals surface area contributed by atoms with Crippen molar-refractivity contribution in [1.29, 1.82) is 0 Å². The number of thiophene rings is 1. The maximum absolute atomic E-state index is 3.85. The minimum atomic E-state index is 0.865. The third-order valence-corrected chi connectivity index (χ3v) is 2.78. The smallest absolute Gasteiger partial charge is 0.00147 e. The third kappa shape index (κ3) is 1.81. The van der Waals surface area contributed by atoms with Crippen molar-refractivity contribution in [3.63, 3.8) is 0 Å². The highest BCUT2D eigenvalue weighted by molar-refractivity contribution is 7.08. The highest BCUT2D eigenvalue weighted by Crippen LogP contribution is 2.22. The Morgan fingerprint density at radius 3 is 2.31 bits per heavy atom. The molecule has 0 amide bonds. The molecule has 2 aromatic rings. The van der Waals surface area contributed by atoms with Crippen LogP contribution in [0.15, 0.2) is 41.1 Å². The van der Waals surface area contributed by atoms with Crippen LogP contribution in [0.4, 0.5) is 0 Å². The van der Waals surface area contributed by atoms with Crippen molar-refractivity contribution >= 4 is 11.3 Å². The summed E-state index contributed by atoms with van der Waals surface area (Å²) in [7, 11) is 0. The van der Waals surface area contributed by atoms with E-state index in [1.165, 1.54) is 16.7 Å². The maximum atomic E-state index is 3.85. The molecular weight excluding hydrogens is 176 g/mol. The second kappa shape index (κ2) is 3.75. The van der Waals surface area contributed by atoms with E-state index in [1.807, 2.05) is 0 Å². The first-order valence-corrected chi connectivity index (χ1v) is 5.25. The van der Waals surface area contributed by atoms with Gasteiger partial charge in [0.2, 0.25) is 0 Å². The van der Waals surface area contributed by atoms with Gasteiger partial charge >= 0.3 is 0 Å². The molecule has 0 spiro atoms. The lowest BCUT2D eigenvalue weighted by molar-refractivity contribution is 1.27. The van der Waals surface area contributed by atoms with Gasteiger partial charge in [0.1, 0.15) is 0 Å². The van der Waals surface area contributed by atoms with Crippen molar-refractivity contribution in [2.45, 2.75) is 6.42 Å². The van der Waals surface area contributed by atoms with Crippen LogP contribution in [-0.4, -0.2) is 0 Å². The Morgan fingerprint density at radius 1 is 1.00 bits per heavy atom. The van der Waals surface area contributed by atoms with E-state index in [1.54, 1.807) is 11.3 Å². The highest BCUT2D eigenvalue weighted by atomic mass is 32.1. The van der Waals surface area contributed by atoms with Crippen molar-refractivity contribution in [3.05, 3.63) is 53.6 Å². The Hall–Kier alpha value is -1.08. The van der Waals surface area contributed by atoms with E-state index in [2.05, 4.69) is 48.0 Å². The van der Waals surface area contributed by atoms with Gasteiger partial charge in [0.15, 0.2) is 0 Å². The average Bonchev–Trinajstić information content (AvgIpc) is 2.71. The number of hydrogen-bond donors (Lipinski definition) is 0. The molecule has 0 unspecified atom stereocenters. The van der Waals surface area contributed by atoms with Gasteiger partial charge in [0.05, 0.1) is 0 Å². The summed E-state index contributed by atoms with van der Waals surface area (Å²) in [6, 6.07) is 10.7. The molecule has 1 heterocycles. The van der Waals surface area contributed by atoms with Gasteiger partial charge in [-0.2, -0.15) is 11.3 Å². The summed E-state index contributed by atoms with van der Waals surface area (Å²) >= 11 is 1.73. The van der Waals surface area contributed by atoms with Crippen LogP contribution in [0.3, 0.4) is 0 Å². The van der Waals surface area contributed by atoms with Crippen LogP contribution < -0.4 is 0 Å². The topological polar surface area (TPSA) is 0 Å². The monoisotopic (exact) mass is 187 g/mol. The predicted octanol–water partition coefficient (Wildman–Crippen LogP) is 3.79. The second-order valence-electron chi connectivity index (χ2n) is 2.96. The van der Waals surface area contributed by atoms with Gasteiger partial charge in [0.25, 0.3) is 0 Å². The van der Waals surface area contributed by atoms with Gasteiger partial charge in [-0.05, 0) is 46.9 Å². The standard InChI is InChI=1S/C12H11S/c1-2-10-3-5-11(6-4-10)12-7-8-13-9-12/h3-9H,1-2H2. The summed E-state index contributed by atoms with van der Waals surface area (Å²) in [6.45, 7) is 3.85. The van der Waals surface area contributed by atoms with E-state index in [4.69, 9.17) is 0 Å². The van der Waals surface area contributed by atoms with Gasteiger partial charge in [-0.1, -0.05) is 24.3 Å². The first kappa shape index (κ1) is 8.52. The molecule has 0 N–H and O–H groups in total. The predicted molar refractivity (Wildman–Crippen MR) is 58.8 cm³/mol. The van der Waals surface area contributed by atoms with E-state index in [0.29, 0.717) is 0 Å². The summed E-state index contributed by atoms with van der Waals surface area (Å²) in [5.74, 6) is 0. The first-order valence-electron chi connectivity index (χ1n) is 4.31. The van der Waals surface area contributed by atoms with Crippen LogP contribution in [-0.2, 0) is 6.42 Å². The van der Waals surface area contributed by atoms with Crippen molar-refractivity contribution in [3.8, 4) is 11.1 Å². The Bertz CT molecular complexity index is 357. The normalized spacial score (nSPS) is 10.2. The molecule has 0 aliphatic heterocycles. The molecule has 0 atom stereocenters. The van der Waals surface area contributed by atoms with E-state index in [-0.39, 0.29) is 0 Å². The van der Waals surface area contributed by atoms with Crippen LogP contribution >= 0.6 is 11.3 Å². The van der Waals surface area contributed by atoms with Crippen molar-refractivity contribution in [2.75, 3.05) is 0 Å². The van der Waals surface area contributed by atoms with Crippen molar-refractivity contribution in [1.82, 2.24) is 0 Å². The second-order valence-corrected chi connectivity index (χ2v) is 3.74. The minimum absolute atomic E-state index is 0.865. The van der Waals surface area contributed by atoms with E-state index in [0.717, 1.165) is 6.42 Å². The third-order valence-electron chi connectivity index (χ3n) is 2.10. The fraction of sp³-hybridized carbons (Fsp3) is 0.0833. The zero-order valence-corrected chi connectivity index (χ0v) is 8.18. The molecule has 0 aliphatic carbocycles. The number of benzene rings is 1.